The van der Waals surface area contributed by atoms with Crippen LogP contribution < -0.4 is 10.6 Å². The van der Waals surface area contributed by atoms with Crippen molar-refractivity contribution in [3.05, 3.63) is 0 Å². The molecule has 100 valence electrons. The second kappa shape index (κ2) is 6.20. The molecule has 0 saturated heterocycles. The van der Waals surface area contributed by atoms with Crippen molar-refractivity contribution in [1.82, 2.24) is 10.6 Å². The molecular weight excluding hydrogens is 237 g/mol. The third kappa shape index (κ3) is 5.36. The maximum Gasteiger partial charge on any atom is 0.415 e. The van der Waals surface area contributed by atoms with Gasteiger partial charge in [0.2, 0.25) is 5.91 Å². The molecule has 0 spiro atoms. The molecule has 7 heteroatoms. The number of hydrogen-bond donors (Lipinski definition) is 3. The standard InChI is InChI=1S/C10H17F3N2O2/c11-10(12,13)8(16)5-14-6-9(17)15-7-3-1-2-4-7/h7-8,14,16H,1-6H2,(H,15,17). The summed E-state index contributed by atoms with van der Waals surface area (Å²) in [6, 6.07) is 0.150. The van der Waals surface area contributed by atoms with Crippen LogP contribution >= 0.6 is 0 Å². The first-order valence-electron chi connectivity index (χ1n) is 5.64. The van der Waals surface area contributed by atoms with E-state index in [1.165, 1.54) is 0 Å². The average Bonchev–Trinajstić information content (AvgIpc) is 2.68. The van der Waals surface area contributed by atoms with Gasteiger partial charge in [-0.05, 0) is 12.8 Å². The van der Waals surface area contributed by atoms with Gasteiger partial charge in [0.15, 0.2) is 6.10 Å². The lowest BCUT2D eigenvalue weighted by Gasteiger charge is -2.16. The van der Waals surface area contributed by atoms with E-state index in [0.29, 0.717) is 0 Å². The van der Waals surface area contributed by atoms with E-state index in [-0.39, 0.29) is 18.5 Å². The molecular formula is C10H17F3N2O2. The molecule has 0 aromatic carbocycles. The Hall–Kier alpha value is -0.820. The van der Waals surface area contributed by atoms with Crippen molar-refractivity contribution in [3.8, 4) is 0 Å². The van der Waals surface area contributed by atoms with Crippen LogP contribution in [0, 0.1) is 0 Å². The summed E-state index contributed by atoms with van der Waals surface area (Å²) in [6.45, 7) is -0.870. The third-order valence-electron chi connectivity index (χ3n) is 2.72. The van der Waals surface area contributed by atoms with Crippen LogP contribution in [0.4, 0.5) is 13.2 Å². The molecule has 0 bridgehead atoms. The van der Waals surface area contributed by atoms with E-state index in [4.69, 9.17) is 5.11 Å². The van der Waals surface area contributed by atoms with Crippen molar-refractivity contribution >= 4 is 5.91 Å². The van der Waals surface area contributed by atoms with Gasteiger partial charge in [0, 0.05) is 12.6 Å². The van der Waals surface area contributed by atoms with Gasteiger partial charge in [-0.1, -0.05) is 12.8 Å². The maximum absolute atomic E-state index is 11.9. The minimum atomic E-state index is -4.64. The molecule has 0 radical (unpaired) electrons. The van der Waals surface area contributed by atoms with Crippen molar-refractivity contribution < 1.29 is 23.1 Å². The molecule has 1 aliphatic rings. The minimum Gasteiger partial charge on any atom is -0.382 e. The first-order chi connectivity index (χ1) is 7.89. The van der Waals surface area contributed by atoms with Gasteiger partial charge in [-0.2, -0.15) is 13.2 Å². The van der Waals surface area contributed by atoms with Gasteiger partial charge >= 0.3 is 6.18 Å². The first-order valence-corrected chi connectivity index (χ1v) is 5.64. The van der Waals surface area contributed by atoms with Crippen molar-refractivity contribution in [1.29, 1.82) is 0 Å². The highest BCUT2D eigenvalue weighted by Gasteiger charge is 2.37. The van der Waals surface area contributed by atoms with Gasteiger partial charge in [-0.15, -0.1) is 0 Å². The first kappa shape index (κ1) is 14.2. The Balaban J connectivity index is 2.11. The summed E-state index contributed by atoms with van der Waals surface area (Å²) in [7, 11) is 0. The largest absolute Gasteiger partial charge is 0.415 e. The number of hydrogen-bond acceptors (Lipinski definition) is 3. The van der Waals surface area contributed by atoms with Crippen LogP contribution in [-0.4, -0.2) is 42.4 Å². The molecule has 17 heavy (non-hydrogen) atoms. The molecule has 1 rings (SSSR count). The zero-order chi connectivity index (χ0) is 12.9. The molecule has 0 aliphatic heterocycles. The van der Waals surface area contributed by atoms with Crippen LogP contribution in [0.5, 0.6) is 0 Å². The summed E-state index contributed by atoms with van der Waals surface area (Å²) >= 11 is 0. The van der Waals surface area contributed by atoms with E-state index in [2.05, 4.69) is 10.6 Å². The van der Waals surface area contributed by atoms with E-state index < -0.39 is 18.8 Å². The molecule has 3 N–H and O–H groups in total. The Morgan fingerprint density at radius 2 is 1.94 bits per heavy atom. The number of amides is 1. The average molecular weight is 254 g/mol. The number of nitrogens with one attached hydrogen (secondary N) is 2. The minimum absolute atomic E-state index is 0.150. The van der Waals surface area contributed by atoms with Gasteiger partial charge < -0.3 is 15.7 Å². The summed E-state index contributed by atoms with van der Waals surface area (Å²) < 4.78 is 35.7. The van der Waals surface area contributed by atoms with Crippen LogP contribution in [0.25, 0.3) is 0 Å². The second-order valence-electron chi connectivity index (χ2n) is 4.24. The predicted molar refractivity (Wildman–Crippen MR) is 55.3 cm³/mol. The molecule has 1 fully saturated rings. The lowest BCUT2D eigenvalue weighted by Crippen LogP contribution is -2.44. The Morgan fingerprint density at radius 3 is 2.47 bits per heavy atom. The van der Waals surface area contributed by atoms with Crippen LogP contribution in [0.3, 0.4) is 0 Å². The smallest absolute Gasteiger partial charge is 0.382 e. The topological polar surface area (TPSA) is 61.4 Å². The van der Waals surface area contributed by atoms with Crippen molar-refractivity contribution in [2.75, 3.05) is 13.1 Å². The van der Waals surface area contributed by atoms with Crippen molar-refractivity contribution in [2.45, 2.75) is 44.0 Å². The Bertz CT molecular complexity index is 252. The van der Waals surface area contributed by atoms with E-state index in [0.717, 1.165) is 25.7 Å². The zero-order valence-corrected chi connectivity index (χ0v) is 9.39. The highest BCUT2D eigenvalue weighted by atomic mass is 19.4. The van der Waals surface area contributed by atoms with E-state index >= 15 is 0 Å². The number of alkyl halides is 3. The van der Waals surface area contributed by atoms with Crippen LogP contribution in [-0.2, 0) is 4.79 Å². The summed E-state index contributed by atoms with van der Waals surface area (Å²) in [5.74, 6) is -0.328. The van der Waals surface area contributed by atoms with E-state index in [1.807, 2.05) is 0 Å². The molecule has 0 heterocycles. The summed E-state index contributed by atoms with van der Waals surface area (Å²) in [4.78, 5) is 11.3. The molecule has 1 unspecified atom stereocenters. The monoisotopic (exact) mass is 254 g/mol. The van der Waals surface area contributed by atoms with Gasteiger partial charge in [0.1, 0.15) is 0 Å². The molecule has 4 nitrogen and oxygen atoms in total. The number of rotatable bonds is 5. The molecule has 1 atom stereocenters. The quantitative estimate of drug-likeness (QED) is 0.671. The number of aliphatic hydroxyl groups excluding tert-OH is 1. The molecule has 1 saturated carbocycles. The normalized spacial score (nSPS) is 19.3. The lowest BCUT2D eigenvalue weighted by molar-refractivity contribution is -0.201. The Morgan fingerprint density at radius 1 is 1.35 bits per heavy atom. The van der Waals surface area contributed by atoms with E-state index in [9.17, 15) is 18.0 Å². The fraction of sp³-hybridized carbons (Fsp3) is 0.900. The van der Waals surface area contributed by atoms with Gasteiger partial charge in [-0.3, -0.25) is 4.79 Å². The maximum atomic E-state index is 11.9. The fourth-order valence-corrected chi connectivity index (χ4v) is 1.79. The van der Waals surface area contributed by atoms with E-state index in [1.54, 1.807) is 0 Å². The summed E-state index contributed by atoms with van der Waals surface area (Å²) in [5.41, 5.74) is 0. The van der Waals surface area contributed by atoms with Crippen LogP contribution in [0.1, 0.15) is 25.7 Å². The summed E-state index contributed by atoms with van der Waals surface area (Å²) in [5, 5.41) is 13.7. The van der Waals surface area contributed by atoms with Crippen LogP contribution in [0.2, 0.25) is 0 Å². The zero-order valence-electron chi connectivity index (χ0n) is 9.39. The molecule has 1 amide bonds. The molecule has 0 aromatic heterocycles. The van der Waals surface area contributed by atoms with Gasteiger partial charge in [-0.25, -0.2) is 0 Å². The number of halogens is 3. The lowest BCUT2D eigenvalue weighted by atomic mass is 10.2. The highest BCUT2D eigenvalue weighted by Crippen LogP contribution is 2.19. The second-order valence-corrected chi connectivity index (χ2v) is 4.24. The molecule has 1 aliphatic carbocycles. The predicted octanol–water partition coefficient (Wildman–Crippen LogP) is 0.558. The fourth-order valence-electron chi connectivity index (χ4n) is 1.79. The van der Waals surface area contributed by atoms with Crippen molar-refractivity contribution in [3.63, 3.8) is 0 Å². The number of carbonyl (C=O) groups excluding carboxylic acids is 1. The highest BCUT2D eigenvalue weighted by molar-refractivity contribution is 5.78. The summed E-state index contributed by atoms with van der Waals surface area (Å²) in [6.07, 6.45) is -3.07. The third-order valence-corrected chi connectivity index (χ3v) is 2.72. The number of carbonyl (C=O) groups is 1. The Labute approximate surface area is 97.6 Å². The van der Waals surface area contributed by atoms with Crippen molar-refractivity contribution in [2.24, 2.45) is 0 Å². The van der Waals surface area contributed by atoms with Crippen LogP contribution in [0.15, 0.2) is 0 Å². The number of aliphatic hydroxyl groups is 1. The Kier molecular flexibility index (Phi) is 5.20. The van der Waals surface area contributed by atoms with Gasteiger partial charge in [0.05, 0.1) is 6.54 Å². The molecule has 0 aromatic rings. The van der Waals surface area contributed by atoms with Gasteiger partial charge in [0.25, 0.3) is 0 Å². The SMILES string of the molecule is O=C(CNCC(O)C(F)(F)F)NC1CCCC1.